The largest absolute Gasteiger partial charge is 0.383 e. The van der Waals surface area contributed by atoms with Gasteiger partial charge in [0, 0.05) is 38.8 Å². The Kier molecular flexibility index (Phi) is 4.35. The number of benzene rings is 1. The molecule has 0 aromatic heterocycles. The Balaban J connectivity index is 2.26. The van der Waals surface area contributed by atoms with E-state index in [4.69, 9.17) is 0 Å². The summed E-state index contributed by atoms with van der Waals surface area (Å²) in [5.41, 5.74) is -0.118. The Bertz CT molecular complexity index is 591. The number of hydrogen-bond acceptors (Lipinski definition) is 3. The van der Waals surface area contributed by atoms with Crippen molar-refractivity contribution < 1.29 is 18.4 Å². The number of rotatable bonds is 2. The van der Waals surface area contributed by atoms with Crippen LogP contribution in [0.25, 0.3) is 0 Å². The molecular weight excluding hydrogens is 278 g/mol. The van der Waals surface area contributed by atoms with Crippen LogP contribution in [0.1, 0.15) is 16.8 Å². The number of piperidine rings is 1. The highest BCUT2D eigenvalue weighted by Gasteiger charge is 2.29. The molecule has 1 aromatic carbocycles. The molecule has 0 aliphatic carbocycles. The normalized spacial score (nSPS) is 17.2. The summed E-state index contributed by atoms with van der Waals surface area (Å²) in [6.07, 6.45) is 1.78. The number of carbonyl (C=O) groups is 2. The second kappa shape index (κ2) is 6.03. The fourth-order valence-corrected chi connectivity index (χ4v) is 2.23. The molecule has 1 amide bonds. The number of carbonyl (C=O) groups excluding carboxylic acids is 2. The first kappa shape index (κ1) is 15.2. The minimum absolute atomic E-state index is 0.0539. The molecule has 6 heteroatoms. The lowest BCUT2D eigenvalue weighted by Crippen LogP contribution is -2.41. The van der Waals surface area contributed by atoms with Crippen molar-refractivity contribution in [1.29, 1.82) is 0 Å². The Labute approximate surface area is 121 Å². The summed E-state index contributed by atoms with van der Waals surface area (Å²) in [5, 5.41) is 0. The molecule has 0 atom stereocenters. The molecule has 2 rings (SSSR count). The lowest BCUT2D eigenvalue weighted by atomic mass is 10.0. The van der Waals surface area contributed by atoms with Gasteiger partial charge in [0.05, 0.1) is 6.54 Å². The predicted molar refractivity (Wildman–Crippen MR) is 73.7 cm³/mol. The zero-order chi connectivity index (χ0) is 15.6. The first-order chi connectivity index (χ1) is 9.90. The Morgan fingerprint density at radius 2 is 1.90 bits per heavy atom. The van der Waals surface area contributed by atoms with Gasteiger partial charge in [0.2, 0.25) is 0 Å². The van der Waals surface area contributed by atoms with Crippen LogP contribution in [0.4, 0.5) is 8.78 Å². The number of amides is 1. The maximum absolute atomic E-state index is 13.7. The van der Waals surface area contributed by atoms with Crippen molar-refractivity contribution in [2.45, 2.75) is 6.42 Å². The third-order valence-corrected chi connectivity index (χ3v) is 3.21. The number of halogens is 2. The van der Waals surface area contributed by atoms with Crippen LogP contribution < -0.4 is 0 Å². The van der Waals surface area contributed by atoms with Crippen LogP contribution in [0.5, 0.6) is 0 Å². The summed E-state index contributed by atoms with van der Waals surface area (Å²) in [4.78, 5) is 27.0. The van der Waals surface area contributed by atoms with Crippen LogP contribution in [0, 0.1) is 11.6 Å². The number of Topliss-reactive ketones (excluding diaryl/α,β-unsaturated/α-hetero) is 1. The van der Waals surface area contributed by atoms with E-state index in [1.165, 1.54) is 11.0 Å². The van der Waals surface area contributed by atoms with E-state index in [1.807, 2.05) is 0 Å². The van der Waals surface area contributed by atoms with Gasteiger partial charge in [-0.1, -0.05) is 6.07 Å². The zero-order valence-electron chi connectivity index (χ0n) is 11.9. The average molecular weight is 294 g/mol. The molecule has 0 N–H and O–H groups in total. The molecule has 0 unspecified atom stereocenters. The fraction of sp³-hybridized carbons (Fsp3) is 0.333. The third kappa shape index (κ3) is 3.26. The molecular formula is C15H16F2N2O2. The Hall–Kier alpha value is -2.24. The van der Waals surface area contributed by atoms with Gasteiger partial charge in [-0.2, -0.15) is 0 Å². The Morgan fingerprint density at radius 1 is 1.29 bits per heavy atom. The molecule has 1 fully saturated rings. The van der Waals surface area contributed by atoms with Gasteiger partial charge in [-0.15, -0.1) is 0 Å². The minimum Gasteiger partial charge on any atom is -0.383 e. The molecule has 1 aliphatic rings. The third-order valence-electron chi connectivity index (χ3n) is 3.21. The standard InChI is InChI=1S/C15H16F2N2O2/c1-18(2)8-10-9-19(7-6-13(10)20)15(21)14-11(16)4-3-5-12(14)17/h3-5,8H,6-7,9H2,1-2H3. The van der Waals surface area contributed by atoms with Crippen molar-refractivity contribution >= 4 is 11.7 Å². The van der Waals surface area contributed by atoms with E-state index in [0.29, 0.717) is 5.57 Å². The van der Waals surface area contributed by atoms with E-state index in [9.17, 15) is 18.4 Å². The molecule has 0 saturated carbocycles. The molecule has 0 radical (unpaired) electrons. The van der Waals surface area contributed by atoms with Crippen molar-refractivity contribution in [2.24, 2.45) is 0 Å². The lowest BCUT2D eigenvalue weighted by molar-refractivity contribution is -0.117. The van der Waals surface area contributed by atoms with Crippen molar-refractivity contribution in [3.63, 3.8) is 0 Å². The molecule has 4 nitrogen and oxygen atoms in total. The van der Waals surface area contributed by atoms with Crippen LogP contribution in [-0.4, -0.2) is 48.7 Å². The fourth-order valence-electron chi connectivity index (χ4n) is 2.23. The van der Waals surface area contributed by atoms with E-state index >= 15 is 0 Å². The maximum Gasteiger partial charge on any atom is 0.260 e. The summed E-state index contributed by atoms with van der Waals surface area (Å²) >= 11 is 0. The molecule has 1 aromatic rings. The van der Waals surface area contributed by atoms with Crippen LogP contribution in [0.15, 0.2) is 30.0 Å². The maximum atomic E-state index is 13.7. The van der Waals surface area contributed by atoms with Gasteiger partial charge in [0.1, 0.15) is 17.2 Å². The van der Waals surface area contributed by atoms with Gasteiger partial charge in [0.15, 0.2) is 5.78 Å². The monoisotopic (exact) mass is 294 g/mol. The van der Waals surface area contributed by atoms with E-state index in [-0.39, 0.29) is 25.3 Å². The number of ketones is 1. The van der Waals surface area contributed by atoms with Gasteiger partial charge in [-0.05, 0) is 12.1 Å². The molecule has 1 saturated heterocycles. The summed E-state index contributed by atoms with van der Waals surface area (Å²) < 4.78 is 27.3. The minimum atomic E-state index is -0.893. The Morgan fingerprint density at radius 3 is 2.48 bits per heavy atom. The quantitative estimate of drug-likeness (QED) is 0.781. The van der Waals surface area contributed by atoms with E-state index in [0.717, 1.165) is 12.1 Å². The highest BCUT2D eigenvalue weighted by molar-refractivity contribution is 6.00. The van der Waals surface area contributed by atoms with Gasteiger partial charge in [0.25, 0.3) is 5.91 Å². The first-order valence-corrected chi connectivity index (χ1v) is 6.53. The molecule has 112 valence electrons. The second-order valence-electron chi connectivity index (χ2n) is 5.11. The molecule has 1 heterocycles. The van der Waals surface area contributed by atoms with Crippen LogP contribution in [-0.2, 0) is 4.79 Å². The number of likely N-dealkylation sites (tertiary alicyclic amines) is 1. The van der Waals surface area contributed by atoms with Crippen molar-refractivity contribution in [1.82, 2.24) is 9.80 Å². The van der Waals surface area contributed by atoms with Gasteiger partial charge < -0.3 is 9.80 Å². The molecule has 0 spiro atoms. The summed E-state index contributed by atoms with van der Waals surface area (Å²) in [6.45, 7) is 0.222. The van der Waals surface area contributed by atoms with Crippen LogP contribution in [0.3, 0.4) is 0 Å². The van der Waals surface area contributed by atoms with E-state index in [1.54, 1.807) is 25.2 Å². The summed E-state index contributed by atoms with van der Waals surface area (Å²) in [5.74, 6) is -2.57. The van der Waals surface area contributed by atoms with E-state index < -0.39 is 23.1 Å². The van der Waals surface area contributed by atoms with Crippen LogP contribution in [0.2, 0.25) is 0 Å². The predicted octanol–water partition coefficient (Wildman–Crippen LogP) is 1.83. The lowest BCUT2D eigenvalue weighted by Gasteiger charge is -2.28. The van der Waals surface area contributed by atoms with Crippen molar-refractivity contribution in [2.75, 3.05) is 27.2 Å². The zero-order valence-corrected chi connectivity index (χ0v) is 11.9. The SMILES string of the molecule is CN(C)C=C1CN(C(=O)c2c(F)cccc2F)CCC1=O. The van der Waals surface area contributed by atoms with Crippen LogP contribution >= 0.6 is 0 Å². The van der Waals surface area contributed by atoms with E-state index in [2.05, 4.69) is 0 Å². The van der Waals surface area contributed by atoms with Gasteiger partial charge >= 0.3 is 0 Å². The second-order valence-corrected chi connectivity index (χ2v) is 5.11. The topological polar surface area (TPSA) is 40.6 Å². The summed E-state index contributed by atoms with van der Waals surface area (Å²) in [6, 6.07) is 3.29. The number of nitrogens with zero attached hydrogens (tertiary/aromatic N) is 2. The first-order valence-electron chi connectivity index (χ1n) is 6.53. The molecule has 21 heavy (non-hydrogen) atoms. The van der Waals surface area contributed by atoms with Gasteiger partial charge in [-0.25, -0.2) is 8.78 Å². The molecule has 0 bridgehead atoms. The van der Waals surface area contributed by atoms with Crippen molar-refractivity contribution in [3.8, 4) is 0 Å². The highest BCUT2D eigenvalue weighted by atomic mass is 19.1. The molecule has 1 aliphatic heterocycles. The highest BCUT2D eigenvalue weighted by Crippen LogP contribution is 2.19. The average Bonchev–Trinajstić information content (AvgIpc) is 2.40. The summed E-state index contributed by atoms with van der Waals surface area (Å²) in [7, 11) is 3.52. The van der Waals surface area contributed by atoms with Crippen molar-refractivity contribution in [3.05, 3.63) is 47.2 Å². The van der Waals surface area contributed by atoms with Gasteiger partial charge in [-0.3, -0.25) is 9.59 Å². The smallest absolute Gasteiger partial charge is 0.260 e. The number of hydrogen-bond donors (Lipinski definition) is 0.